The van der Waals surface area contributed by atoms with E-state index < -0.39 is 0 Å². The minimum atomic E-state index is 0.212. The Kier molecular flexibility index (Phi) is 7.10. The first-order valence-electron chi connectivity index (χ1n) is 7.32. The summed E-state index contributed by atoms with van der Waals surface area (Å²) in [4.78, 5) is 17.1. The Labute approximate surface area is 126 Å². The number of nitrogens with one attached hydrogen (secondary N) is 1. The first-order valence-corrected chi connectivity index (χ1v) is 7.32. The van der Waals surface area contributed by atoms with Gasteiger partial charge in [-0.2, -0.15) is 15.0 Å². The standard InChI is InChI=1S/C13H27N7O/c1-6-20(7-2)13-16-11(18-14)15-12(17-13)19(5)8-9-21-10(3)4/h10H,6-9,14H2,1-5H3,(H,15,16,17,18). The van der Waals surface area contributed by atoms with Crippen LogP contribution in [0.5, 0.6) is 0 Å². The number of ether oxygens (including phenoxy) is 1. The predicted molar refractivity (Wildman–Crippen MR) is 85.6 cm³/mol. The van der Waals surface area contributed by atoms with Crippen LogP contribution in [0.4, 0.5) is 17.8 Å². The van der Waals surface area contributed by atoms with Crippen LogP contribution in [0.1, 0.15) is 27.7 Å². The van der Waals surface area contributed by atoms with E-state index in [9.17, 15) is 0 Å². The minimum absolute atomic E-state index is 0.212. The smallest absolute Gasteiger partial charge is 0.243 e. The van der Waals surface area contributed by atoms with Gasteiger partial charge in [0, 0.05) is 26.7 Å². The highest BCUT2D eigenvalue weighted by molar-refractivity contribution is 5.44. The van der Waals surface area contributed by atoms with Gasteiger partial charge in [0.25, 0.3) is 0 Å². The Hall–Kier alpha value is -1.67. The molecule has 0 aliphatic carbocycles. The number of hydrogen-bond donors (Lipinski definition) is 2. The molecule has 0 radical (unpaired) electrons. The molecule has 120 valence electrons. The zero-order chi connectivity index (χ0) is 15.8. The Balaban J connectivity index is 2.87. The van der Waals surface area contributed by atoms with E-state index in [4.69, 9.17) is 10.6 Å². The van der Waals surface area contributed by atoms with E-state index in [1.54, 1.807) is 0 Å². The summed E-state index contributed by atoms with van der Waals surface area (Å²) in [5, 5.41) is 0. The Morgan fingerprint density at radius 3 is 2.29 bits per heavy atom. The first-order chi connectivity index (χ1) is 10.0. The van der Waals surface area contributed by atoms with Crippen molar-refractivity contribution in [1.29, 1.82) is 0 Å². The van der Waals surface area contributed by atoms with Gasteiger partial charge in [0.2, 0.25) is 17.8 Å². The summed E-state index contributed by atoms with van der Waals surface area (Å²) in [7, 11) is 1.92. The molecule has 1 aromatic heterocycles. The molecule has 1 heterocycles. The van der Waals surface area contributed by atoms with E-state index in [0.717, 1.165) is 13.1 Å². The lowest BCUT2D eigenvalue weighted by Crippen LogP contribution is -2.29. The van der Waals surface area contributed by atoms with Crippen molar-refractivity contribution in [3.63, 3.8) is 0 Å². The highest BCUT2D eigenvalue weighted by atomic mass is 16.5. The quantitative estimate of drug-likeness (QED) is 0.512. The average molecular weight is 297 g/mol. The average Bonchev–Trinajstić information content (AvgIpc) is 2.47. The molecule has 0 fully saturated rings. The Bertz CT molecular complexity index is 423. The topological polar surface area (TPSA) is 92.4 Å². The van der Waals surface area contributed by atoms with Crippen LogP contribution in [0.15, 0.2) is 0 Å². The van der Waals surface area contributed by atoms with Crippen molar-refractivity contribution in [3.8, 4) is 0 Å². The molecule has 0 aliphatic heterocycles. The molecule has 1 rings (SSSR count). The second-order valence-corrected chi connectivity index (χ2v) is 4.92. The highest BCUT2D eigenvalue weighted by Gasteiger charge is 2.13. The fraction of sp³-hybridized carbons (Fsp3) is 0.769. The number of nitrogens with zero attached hydrogens (tertiary/aromatic N) is 5. The highest BCUT2D eigenvalue weighted by Crippen LogP contribution is 2.15. The monoisotopic (exact) mass is 297 g/mol. The van der Waals surface area contributed by atoms with Crippen molar-refractivity contribution in [2.24, 2.45) is 5.84 Å². The van der Waals surface area contributed by atoms with Gasteiger partial charge in [-0.1, -0.05) is 0 Å². The van der Waals surface area contributed by atoms with Crippen LogP contribution < -0.4 is 21.1 Å². The molecule has 0 aliphatic rings. The maximum Gasteiger partial charge on any atom is 0.243 e. The summed E-state index contributed by atoms with van der Waals surface area (Å²) in [6.07, 6.45) is 0.212. The van der Waals surface area contributed by atoms with Crippen LogP contribution in [0, 0.1) is 0 Å². The molecule has 8 nitrogen and oxygen atoms in total. The number of anilines is 3. The van der Waals surface area contributed by atoms with Crippen LogP contribution in [0.3, 0.4) is 0 Å². The number of rotatable bonds is 9. The molecule has 0 bridgehead atoms. The van der Waals surface area contributed by atoms with Crippen LogP contribution in [-0.2, 0) is 4.74 Å². The number of hydrogen-bond acceptors (Lipinski definition) is 8. The number of likely N-dealkylation sites (N-methyl/N-ethyl adjacent to an activating group) is 1. The van der Waals surface area contributed by atoms with E-state index in [0.29, 0.717) is 31.0 Å². The van der Waals surface area contributed by atoms with Crippen LogP contribution in [-0.4, -0.2) is 54.3 Å². The summed E-state index contributed by atoms with van der Waals surface area (Å²) in [5.41, 5.74) is 2.49. The van der Waals surface area contributed by atoms with Crippen LogP contribution in [0.2, 0.25) is 0 Å². The van der Waals surface area contributed by atoms with Gasteiger partial charge in [-0.15, -0.1) is 0 Å². The molecule has 0 saturated carbocycles. The number of nitrogen functional groups attached to an aromatic ring is 1. The van der Waals surface area contributed by atoms with Crippen LogP contribution >= 0.6 is 0 Å². The lowest BCUT2D eigenvalue weighted by atomic mass is 10.5. The number of hydrazine groups is 1. The molecule has 0 amide bonds. The second kappa shape index (κ2) is 8.58. The summed E-state index contributed by atoms with van der Waals surface area (Å²) < 4.78 is 5.55. The maximum atomic E-state index is 5.55. The summed E-state index contributed by atoms with van der Waals surface area (Å²) in [5.74, 6) is 7.00. The van der Waals surface area contributed by atoms with E-state index >= 15 is 0 Å². The fourth-order valence-electron chi connectivity index (χ4n) is 1.76. The molecular weight excluding hydrogens is 270 g/mol. The van der Waals surface area contributed by atoms with Gasteiger partial charge >= 0.3 is 0 Å². The molecule has 0 atom stereocenters. The molecule has 0 spiro atoms. The van der Waals surface area contributed by atoms with E-state index in [1.165, 1.54) is 0 Å². The normalized spacial score (nSPS) is 10.8. The third-order valence-electron chi connectivity index (χ3n) is 3.01. The van der Waals surface area contributed by atoms with Gasteiger partial charge in [-0.05, 0) is 27.7 Å². The molecule has 8 heteroatoms. The zero-order valence-corrected chi connectivity index (χ0v) is 13.6. The van der Waals surface area contributed by atoms with Gasteiger partial charge in [0.1, 0.15) is 0 Å². The lowest BCUT2D eigenvalue weighted by molar-refractivity contribution is 0.0844. The largest absolute Gasteiger partial charge is 0.377 e. The third kappa shape index (κ3) is 5.31. The van der Waals surface area contributed by atoms with Crippen molar-refractivity contribution in [2.75, 3.05) is 48.5 Å². The van der Waals surface area contributed by atoms with E-state index in [1.807, 2.05) is 30.7 Å². The SMILES string of the molecule is CCN(CC)c1nc(NN)nc(N(C)CCOC(C)C)n1. The third-order valence-corrected chi connectivity index (χ3v) is 3.01. The first kappa shape index (κ1) is 17.4. The lowest BCUT2D eigenvalue weighted by Gasteiger charge is -2.22. The minimum Gasteiger partial charge on any atom is -0.377 e. The molecule has 0 saturated heterocycles. The van der Waals surface area contributed by atoms with E-state index in [2.05, 4.69) is 34.2 Å². The van der Waals surface area contributed by atoms with Crippen LogP contribution in [0.25, 0.3) is 0 Å². The predicted octanol–water partition coefficient (Wildman–Crippen LogP) is 0.865. The zero-order valence-electron chi connectivity index (χ0n) is 13.6. The Morgan fingerprint density at radius 2 is 1.76 bits per heavy atom. The van der Waals surface area contributed by atoms with E-state index in [-0.39, 0.29) is 6.10 Å². The summed E-state index contributed by atoms with van der Waals surface area (Å²) >= 11 is 0. The van der Waals surface area contributed by atoms with Crippen molar-refractivity contribution in [3.05, 3.63) is 0 Å². The molecular formula is C13H27N7O. The van der Waals surface area contributed by atoms with Gasteiger partial charge < -0.3 is 14.5 Å². The molecule has 1 aromatic rings. The van der Waals surface area contributed by atoms with Crippen molar-refractivity contribution < 1.29 is 4.74 Å². The summed E-state index contributed by atoms with van der Waals surface area (Å²) in [6.45, 7) is 11.1. The molecule has 21 heavy (non-hydrogen) atoms. The van der Waals surface area contributed by atoms with Crippen molar-refractivity contribution in [1.82, 2.24) is 15.0 Å². The van der Waals surface area contributed by atoms with Crippen molar-refractivity contribution >= 4 is 17.8 Å². The fourth-order valence-corrected chi connectivity index (χ4v) is 1.76. The molecule has 0 unspecified atom stereocenters. The molecule has 0 aromatic carbocycles. The number of nitrogens with two attached hydrogens (primary N) is 1. The van der Waals surface area contributed by atoms with Gasteiger partial charge in [-0.3, -0.25) is 5.43 Å². The molecule has 3 N–H and O–H groups in total. The number of aromatic nitrogens is 3. The second-order valence-electron chi connectivity index (χ2n) is 4.92. The Morgan fingerprint density at radius 1 is 1.14 bits per heavy atom. The van der Waals surface area contributed by atoms with Gasteiger partial charge in [-0.25, -0.2) is 5.84 Å². The van der Waals surface area contributed by atoms with Gasteiger partial charge in [0.05, 0.1) is 12.7 Å². The summed E-state index contributed by atoms with van der Waals surface area (Å²) in [6, 6.07) is 0. The van der Waals surface area contributed by atoms with Crippen molar-refractivity contribution in [2.45, 2.75) is 33.8 Å². The maximum absolute atomic E-state index is 5.55. The van der Waals surface area contributed by atoms with Gasteiger partial charge in [0.15, 0.2) is 0 Å².